The molecular formula is C25H32. The Balaban J connectivity index is 1.96. The molecule has 3 aliphatic carbocycles. The van der Waals surface area contributed by atoms with Crippen LogP contribution in [0.25, 0.3) is 6.08 Å². The van der Waals surface area contributed by atoms with Gasteiger partial charge in [-0.25, -0.2) is 0 Å². The van der Waals surface area contributed by atoms with Crippen LogP contribution >= 0.6 is 0 Å². The van der Waals surface area contributed by atoms with Gasteiger partial charge < -0.3 is 0 Å². The maximum Gasteiger partial charge on any atom is 0.0267 e. The summed E-state index contributed by atoms with van der Waals surface area (Å²) in [6.45, 7) is 14.3. The molecule has 0 heteroatoms. The lowest BCUT2D eigenvalue weighted by Gasteiger charge is -2.47. The second-order valence-electron chi connectivity index (χ2n) is 8.70. The Morgan fingerprint density at radius 3 is 2.00 bits per heavy atom. The van der Waals surface area contributed by atoms with E-state index in [1.807, 2.05) is 0 Å². The lowest BCUT2D eigenvalue weighted by atomic mass is 9.55. The molecule has 25 heavy (non-hydrogen) atoms. The van der Waals surface area contributed by atoms with E-state index in [4.69, 9.17) is 0 Å². The Labute approximate surface area is 153 Å². The predicted octanol–water partition coefficient (Wildman–Crippen LogP) is 6.93. The van der Waals surface area contributed by atoms with Crippen LogP contribution in [0.2, 0.25) is 0 Å². The second-order valence-corrected chi connectivity index (χ2v) is 8.70. The van der Waals surface area contributed by atoms with E-state index < -0.39 is 0 Å². The van der Waals surface area contributed by atoms with Gasteiger partial charge in [0, 0.05) is 10.8 Å². The summed E-state index contributed by atoms with van der Waals surface area (Å²) in [7, 11) is 0. The number of hydrogen-bond acceptors (Lipinski definition) is 0. The van der Waals surface area contributed by atoms with E-state index in [1.165, 1.54) is 42.4 Å². The standard InChI is InChI=1S/C25H32/c1-7-25(24(6)18(4)16(2)17(3)19(24)5)13-12-22-14-20-10-8-9-11-21(20)15-23(22)25/h12-15H,7-11H2,1-6H3. The van der Waals surface area contributed by atoms with Crippen LogP contribution in [-0.4, -0.2) is 0 Å². The van der Waals surface area contributed by atoms with Crippen molar-refractivity contribution in [2.45, 2.75) is 79.1 Å². The van der Waals surface area contributed by atoms with Gasteiger partial charge in [0.25, 0.3) is 0 Å². The summed E-state index contributed by atoms with van der Waals surface area (Å²) in [6, 6.07) is 5.09. The molecule has 0 saturated carbocycles. The molecule has 1 aromatic carbocycles. The number of benzene rings is 1. The average Bonchev–Trinajstić information content (AvgIpc) is 3.07. The average molecular weight is 333 g/mol. The molecule has 132 valence electrons. The van der Waals surface area contributed by atoms with Gasteiger partial charge in [0.15, 0.2) is 0 Å². The topological polar surface area (TPSA) is 0 Å². The van der Waals surface area contributed by atoms with E-state index >= 15 is 0 Å². The molecule has 1 unspecified atom stereocenters. The van der Waals surface area contributed by atoms with Gasteiger partial charge >= 0.3 is 0 Å². The summed E-state index contributed by atoms with van der Waals surface area (Å²) in [5.74, 6) is 0. The van der Waals surface area contributed by atoms with Crippen molar-refractivity contribution in [1.82, 2.24) is 0 Å². The van der Waals surface area contributed by atoms with Crippen LogP contribution in [0.15, 0.2) is 40.5 Å². The first-order chi connectivity index (χ1) is 11.9. The zero-order valence-electron chi connectivity index (χ0n) is 16.8. The molecule has 0 aliphatic heterocycles. The Bertz CT molecular complexity index is 819. The molecule has 0 N–H and O–H groups in total. The summed E-state index contributed by atoms with van der Waals surface area (Å²) in [6.07, 6.45) is 11.4. The molecular weight excluding hydrogens is 300 g/mol. The monoisotopic (exact) mass is 332 g/mol. The van der Waals surface area contributed by atoms with Crippen molar-refractivity contribution in [3.8, 4) is 0 Å². The molecule has 1 atom stereocenters. The summed E-state index contributed by atoms with van der Waals surface area (Å²) < 4.78 is 0. The summed E-state index contributed by atoms with van der Waals surface area (Å²) in [4.78, 5) is 0. The first kappa shape index (κ1) is 16.9. The van der Waals surface area contributed by atoms with Gasteiger partial charge in [0.1, 0.15) is 0 Å². The summed E-state index contributed by atoms with van der Waals surface area (Å²) in [5, 5.41) is 0. The number of allylic oxidation sites excluding steroid dienone is 5. The minimum Gasteiger partial charge on any atom is -0.0721 e. The van der Waals surface area contributed by atoms with Gasteiger partial charge in [-0.1, -0.05) is 49.3 Å². The third-order valence-corrected chi connectivity index (χ3v) is 8.18. The summed E-state index contributed by atoms with van der Waals surface area (Å²) >= 11 is 0. The number of aryl methyl sites for hydroxylation is 2. The van der Waals surface area contributed by atoms with Crippen molar-refractivity contribution >= 4 is 6.08 Å². The third-order valence-electron chi connectivity index (χ3n) is 8.18. The first-order valence-corrected chi connectivity index (χ1v) is 10.1. The minimum absolute atomic E-state index is 0.0978. The second kappa shape index (κ2) is 5.47. The van der Waals surface area contributed by atoms with E-state index in [9.17, 15) is 0 Å². The molecule has 0 fully saturated rings. The SMILES string of the molecule is CCC1(C2(C)C(C)=C(C)C(C)=C2C)C=Cc2cc3c(cc21)CCCC3. The normalized spacial score (nSPS) is 27.1. The highest BCUT2D eigenvalue weighted by Gasteiger charge is 2.53. The van der Waals surface area contributed by atoms with Gasteiger partial charge in [0.2, 0.25) is 0 Å². The molecule has 0 bridgehead atoms. The van der Waals surface area contributed by atoms with Crippen molar-refractivity contribution in [3.63, 3.8) is 0 Å². The Morgan fingerprint density at radius 2 is 1.44 bits per heavy atom. The molecule has 0 nitrogen and oxygen atoms in total. The third kappa shape index (κ3) is 1.94. The lowest BCUT2D eigenvalue weighted by molar-refractivity contribution is 0.282. The van der Waals surface area contributed by atoms with Crippen molar-refractivity contribution < 1.29 is 0 Å². The fourth-order valence-corrected chi connectivity index (χ4v) is 6.01. The van der Waals surface area contributed by atoms with E-state index in [-0.39, 0.29) is 10.8 Å². The Hall–Kier alpha value is -1.56. The first-order valence-electron chi connectivity index (χ1n) is 10.1. The van der Waals surface area contributed by atoms with Gasteiger partial charge in [-0.15, -0.1) is 0 Å². The van der Waals surface area contributed by atoms with Crippen molar-refractivity contribution in [3.05, 3.63) is 62.8 Å². The number of fused-ring (bicyclic) bond motifs is 2. The van der Waals surface area contributed by atoms with E-state index in [1.54, 1.807) is 27.8 Å². The largest absolute Gasteiger partial charge is 0.0721 e. The highest BCUT2D eigenvalue weighted by Crippen LogP contribution is 2.62. The zero-order chi connectivity index (χ0) is 18.0. The van der Waals surface area contributed by atoms with Gasteiger partial charge in [-0.05, 0) is 93.2 Å². The maximum absolute atomic E-state index is 2.59. The van der Waals surface area contributed by atoms with Crippen LogP contribution in [0.5, 0.6) is 0 Å². The van der Waals surface area contributed by atoms with E-state index in [0.29, 0.717) is 0 Å². The van der Waals surface area contributed by atoms with E-state index in [0.717, 1.165) is 6.42 Å². The van der Waals surface area contributed by atoms with Crippen molar-refractivity contribution in [2.75, 3.05) is 0 Å². The van der Waals surface area contributed by atoms with Gasteiger partial charge in [-0.2, -0.15) is 0 Å². The summed E-state index contributed by atoms with van der Waals surface area (Å²) in [5.41, 5.74) is 12.6. The molecule has 0 spiro atoms. The fraction of sp³-hybridized carbons (Fsp3) is 0.520. The van der Waals surface area contributed by atoms with E-state index in [2.05, 4.69) is 65.8 Å². The van der Waals surface area contributed by atoms with Crippen molar-refractivity contribution in [1.29, 1.82) is 0 Å². The predicted molar refractivity (Wildman–Crippen MR) is 109 cm³/mol. The van der Waals surface area contributed by atoms with Crippen LogP contribution in [0.3, 0.4) is 0 Å². The molecule has 3 aliphatic rings. The molecule has 4 rings (SSSR count). The smallest absolute Gasteiger partial charge is 0.0267 e. The molecule has 1 aromatic rings. The highest BCUT2D eigenvalue weighted by molar-refractivity contribution is 5.71. The lowest BCUT2D eigenvalue weighted by Crippen LogP contribution is -2.42. The number of rotatable bonds is 2. The minimum atomic E-state index is 0.0978. The molecule has 0 saturated heterocycles. The van der Waals surface area contributed by atoms with Crippen LogP contribution in [0, 0.1) is 5.41 Å². The van der Waals surface area contributed by atoms with Crippen LogP contribution in [0.4, 0.5) is 0 Å². The molecule has 0 aromatic heterocycles. The van der Waals surface area contributed by atoms with Crippen molar-refractivity contribution in [2.24, 2.45) is 5.41 Å². The maximum atomic E-state index is 2.59. The fourth-order valence-electron chi connectivity index (χ4n) is 6.01. The highest BCUT2D eigenvalue weighted by atomic mass is 14.6. The molecule has 0 amide bonds. The quantitative estimate of drug-likeness (QED) is 0.550. The number of hydrogen-bond donors (Lipinski definition) is 0. The molecule has 0 heterocycles. The van der Waals surface area contributed by atoms with Gasteiger partial charge in [-0.3, -0.25) is 0 Å². The Kier molecular flexibility index (Phi) is 3.69. The Morgan fingerprint density at radius 1 is 0.880 bits per heavy atom. The van der Waals surface area contributed by atoms with Crippen LogP contribution in [-0.2, 0) is 18.3 Å². The zero-order valence-corrected chi connectivity index (χ0v) is 16.8. The van der Waals surface area contributed by atoms with Crippen LogP contribution < -0.4 is 0 Å². The van der Waals surface area contributed by atoms with Crippen LogP contribution in [0.1, 0.15) is 83.1 Å². The molecule has 0 radical (unpaired) electrons. The van der Waals surface area contributed by atoms with Gasteiger partial charge in [0.05, 0.1) is 0 Å².